The van der Waals surface area contributed by atoms with E-state index in [4.69, 9.17) is 4.18 Å². The van der Waals surface area contributed by atoms with Gasteiger partial charge in [-0.2, -0.15) is 8.42 Å². The lowest BCUT2D eigenvalue weighted by Crippen LogP contribution is -2.36. The molecule has 0 saturated heterocycles. The average Bonchev–Trinajstić information content (AvgIpc) is 2.60. The van der Waals surface area contributed by atoms with Gasteiger partial charge in [-0.3, -0.25) is 4.79 Å². The van der Waals surface area contributed by atoms with Gasteiger partial charge in [0.1, 0.15) is 4.83 Å². The van der Waals surface area contributed by atoms with Gasteiger partial charge in [0, 0.05) is 0 Å². The van der Waals surface area contributed by atoms with Crippen molar-refractivity contribution >= 4 is 32.1 Å². The minimum atomic E-state index is -4.33. The van der Waals surface area contributed by atoms with E-state index < -0.39 is 21.0 Å². The highest BCUT2D eigenvalue weighted by molar-refractivity contribution is 9.09. The van der Waals surface area contributed by atoms with E-state index in [1.165, 1.54) is 0 Å². The third-order valence-corrected chi connectivity index (χ3v) is 5.84. The maximum Gasteiger partial charge on any atom is 0.409 e. The molecule has 146 valence electrons. The number of hydrogen-bond donors (Lipinski definition) is 1. The Labute approximate surface area is 169 Å². The third-order valence-electron chi connectivity index (χ3n) is 4.06. The van der Waals surface area contributed by atoms with Crippen LogP contribution in [-0.2, 0) is 15.1 Å². The molecule has 2 aromatic rings. The van der Waals surface area contributed by atoms with Crippen molar-refractivity contribution in [3.05, 3.63) is 65.2 Å². The number of halogens is 1. The lowest BCUT2D eigenvalue weighted by Gasteiger charge is -2.20. The maximum atomic E-state index is 12.5. The van der Waals surface area contributed by atoms with Crippen LogP contribution in [0.15, 0.2) is 48.5 Å². The van der Waals surface area contributed by atoms with E-state index in [1.807, 2.05) is 56.7 Å². The van der Waals surface area contributed by atoms with E-state index in [2.05, 4.69) is 15.9 Å². The summed E-state index contributed by atoms with van der Waals surface area (Å²) in [4.78, 5) is 11.6. The van der Waals surface area contributed by atoms with Crippen LogP contribution in [0.5, 0.6) is 5.75 Å². The summed E-state index contributed by atoms with van der Waals surface area (Å²) in [5.74, 6) is -0.293. The quantitative estimate of drug-likeness (QED) is 0.610. The molecule has 1 atom stereocenters. The monoisotopic (exact) mass is 453 g/mol. The molecular formula is C20H24BrNO4S. The zero-order valence-electron chi connectivity index (χ0n) is 15.8. The number of benzene rings is 2. The smallest absolute Gasteiger partial charge is 0.366 e. The van der Waals surface area contributed by atoms with E-state index in [-0.39, 0.29) is 17.6 Å². The second kappa shape index (κ2) is 8.89. The Morgan fingerprint density at radius 1 is 0.926 bits per heavy atom. The molecule has 7 heteroatoms. The molecule has 0 aliphatic rings. The number of nitrogens with one attached hydrogen (secondary N) is 1. The lowest BCUT2D eigenvalue weighted by atomic mass is 9.94. The van der Waals surface area contributed by atoms with Gasteiger partial charge in [0.25, 0.3) is 5.91 Å². The minimum Gasteiger partial charge on any atom is -0.366 e. The molecule has 0 spiro atoms. The van der Waals surface area contributed by atoms with Gasteiger partial charge >= 0.3 is 10.3 Å². The molecule has 27 heavy (non-hydrogen) atoms. The van der Waals surface area contributed by atoms with Gasteiger partial charge in [-0.15, -0.1) is 0 Å². The number of para-hydroxylation sites is 1. The van der Waals surface area contributed by atoms with Crippen LogP contribution in [0.2, 0.25) is 0 Å². The first-order valence-corrected chi connectivity index (χ1v) is 11.0. The summed E-state index contributed by atoms with van der Waals surface area (Å²) in [6.45, 7) is 7.84. The fraction of sp³-hybridized carbons (Fsp3) is 0.350. The molecule has 1 N–H and O–H groups in total. The number of amides is 1. The van der Waals surface area contributed by atoms with Gasteiger partial charge in [-0.05, 0) is 28.5 Å². The number of rotatable bonds is 7. The van der Waals surface area contributed by atoms with Crippen molar-refractivity contribution in [2.45, 2.75) is 44.4 Å². The predicted molar refractivity (Wildman–Crippen MR) is 110 cm³/mol. The number of hydrogen-bond acceptors (Lipinski definition) is 4. The largest absolute Gasteiger partial charge is 0.409 e. The van der Waals surface area contributed by atoms with Crippen LogP contribution in [0.3, 0.4) is 0 Å². The normalized spacial score (nSPS) is 12.9. The molecule has 0 aromatic heterocycles. The van der Waals surface area contributed by atoms with Crippen LogP contribution in [0.1, 0.15) is 61.0 Å². The molecule has 0 bridgehead atoms. The van der Waals surface area contributed by atoms with E-state index in [9.17, 15) is 13.2 Å². The van der Waals surface area contributed by atoms with Crippen molar-refractivity contribution in [2.75, 3.05) is 0 Å². The van der Waals surface area contributed by atoms with Gasteiger partial charge < -0.3 is 4.18 Å². The van der Waals surface area contributed by atoms with Gasteiger partial charge in [0.2, 0.25) is 0 Å². The van der Waals surface area contributed by atoms with Crippen molar-refractivity contribution in [3.63, 3.8) is 0 Å². The Kier molecular flexibility index (Phi) is 7.06. The first kappa shape index (κ1) is 21.4. The van der Waals surface area contributed by atoms with Crippen molar-refractivity contribution < 1.29 is 17.4 Å². The highest BCUT2D eigenvalue weighted by Crippen LogP contribution is 2.35. The summed E-state index contributed by atoms with van der Waals surface area (Å²) in [6.07, 6.45) is 0. The number of carbonyl (C=O) groups is 1. The van der Waals surface area contributed by atoms with E-state index in [0.29, 0.717) is 5.56 Å². The molecule has 2 rings (SSSR count). The van der Waals surface area contributed by atoms with Crippen LogP contribution < -0.4 is 8.91 Å². The van der Waals surface area contributed by atoms with E-state index in [1.54, 1.807) is 24.3 Å². The van der Waals surface area contributed by atoms with Gasteiger partial charge in [-0.1, -0.05) is 92.2 Å². The lowest BCUT2D eigenvalue weighted by molar-refractivity contribution is -0.118. The second-order valence-corrected chi connectivity index (χ2v) is 9.05. The van der Waals surface area contributed by atoms with Crippen molar-refractivity contribution in [2.24, 2.45) is 0 Å². The zero-order valence-corrected chi connectivity index (χ0v) is 18.2. The summed E-state index contributed by atoms with van der Waals surface area (Å²) in [5.41, 5.74) is 2.20. The van der Waals surface area contributed by atoms with Gasteiger partial charge in [-0.25, -0.2) is 4.72 Å². The highest BCUT2D eigenvalue weighted by atomic mass is 79.9. The fourth-order valence-electron chi connectivity index (χ4n) is 2.66. The average molecular weight is 454 g/mol. The Balaban J connectivity index is 2.27. The molecule has 0 radical (unpaired) electrons. The van der Waals surface area contributed by atoms with Gasteiger partial charge in [0.05, 0.1) is 0 Å². The molecule has 1 unspecified atom stereocenters. The molecular weight excluding hydrogens is 430 g/mol. The standard InChI is InChI=1S/C20H24BrNO4S/c1-13(2)16-11-8-12-17(14(3)4)19(16)26-27(24,25)22-20(23)18(21)15-9-6-5-7-10-15/h5-14,18H,1-4H3,(H,22,23). The van der Waals surface area contributed by atoms with Crippen molar-refractivity contribution in [1.82, 2.24) is 4.72 Å². The molecule has 0 fully saturated rings. The van der Waals surface area contributed by atoms with E-state index in [0.717, 1.165) is 11.1 Å². The molecule has 0 saturated carbocycles. The Morgan fingerprint density at radius 2 is 1.44 bits per heavy atom. The summed E-state index contributed by atoms with van der Waals surface area (Å²) in [6, 6.07) is 14.4. The summed E-state index contributed by atoms with van der Waals surface area (Å²) in [5, 5.41) is 0. The van der Waals surface area contributed by atoms with Crippen LogP contribution in [0.25, 0.3) is 0 Å². The highest BCUT2D eigenvalue weighted by Gasteiger charge is 2.26. The topological polar surface area (TPSA) is 72.5 Å². The Morgan fingerprint density at radius 3 is 1.93 bits per heavy atom. The minimum absolute atomic E-state index is 0.0674. The zero-order chi connectivity index (χ0) is 20.2. The first-order valence-electron chi connectivity index (χ1n) is 8.70. The van der Waals surface area contributed by atoms with Crippen LogP contribution in [0.4, 0.5) is 0 Å². The molecule has 2 aromatic carbocycles. The molecule has 0 aliphatic heterocycles. The summed E-state index contributed by atoms with van der Waals surface area (Å²) < 4.78 is 32.4. The first-order chi connectivity index (χ1) is 12.6. The molecule has 0 aliphatic carbocycles. The molecule has 5 nitrogen and oxygen atoms in total. The van der Waals surface area contributed by atoms with Crippen LogP contribution in [0, 0.1) is 0 Å². The van der Waals surface area contributed by atoms with Crippen molar-refractivity contribution in [1.29, 1.82) is 0 Å². The predicted octanol–water partition coefficient (Wildman–Crippen LogP) is 4.81. The maximum absolute atomic E-state index is 12.5. The summed E-state index contributed by atoms with van der Waals surface area (Å²) >= 11 is 3.23. The van der Waals surface area contributed by atoms with E-state index >= 15 is 0 Å². The molecule has 1 amide bonds. The van der Waals surface area contributed by atoms with Crippen molar-refractivity contribution in [3.8, 4) is 5.75 Å². The SMILES string of the molecule is CC(C)c1cccc(C(C)C)c1OS(=O)(=O)NC(=O)C(Br)c1ccccc1. The fourth-order valence-corrected chi connectivity index (χ4v) is 4.05. The summed E-state index contributed by atoms with van der Waals surface area (Å²) in [7, 11) is -4.33. The third kappa shape index (κ3) is 5.56. The van der Waals surface area contributed by atoms with Crippen LogP contribution >= 0.6 is 15.9 Å². The molecule has 0 heterocycles. The second-order valence-electron chi connectivity index (χ2n) is 6.85. The Bertz CT molecular complexity index is 869. The number of carbonyl (C=O) groups excluding carboxylic acids is 1. The van der Waals surface area contributed by atoms with Gasteiger partial charge in [0.15, 0.2) is 5.75 Å². The number of alkyl halides is 1. The Hall–Kier alpha value is -1.86. The van der Waals surface area contributed by atoms with Crippen LogP contribution in [-0.4, -0.2) is 14.3 Å².